The van der Waals surface area contributed by atoms with Crippen LogP contribution < -0.4 is 14.8 Å². The molecule has 0 radical (unpaired) electrons. The molecule has 4 nitrogen and oxygen atoms in total. The first-order valence-corrected chi connectivity index (χ1v) is 7.56. The fraction of sp³-hybridized carbons (Fsp3) is 0.625. The summed E-state index contributed by atoms with van der Waals surface area (Å²) in [6.45, 7) is 8.71. The SMILES string of the molecule is CCCN(C)CC(NCC)c1ccc2c(c1)OCCO2. The molecule has 0 spiro atoms. The number of benzene rings is 1. The molecule has 0 fully saturated rings. The number of fused-ring (bicyclic) bond motifs is 1. The molecular weight excluding hydrogens is 252 g/mol. The summed E-state index contributed by atoms with van der Waals surface area (Å²) in [5, 5.41) is 3.56. The van der Waals surface area contributed by atoms with Gasteiger partial charge in [-0.1, -0.05) is 19.9 Å². The second-order valence-electron chi connectivity index (χ2n) is 5.28. The molecule has 20 heavy (non-hydrogen) atoms. The highest BCUT2D eigenvalue weighted by atomic mass is 16.6. The van der Waals surface area contributed by atoms with E-state index in [9.17, 15) is 0 Å². The largest absolute Gasteiger partial charge is 0.486 e. The molecule has 0 amide bonds. The maximum Gasteiger partial charge on any atom is 0.161 e. The first-order valence-electron chi connectivity index (χ1n) is 7.56. The highest BCUT2D eigenvalue weighted by molar-refractivity contribution is 5.44. The van der Waals surface area contributed by atoms with Gasteiger partial charge in [-0.05, 0) is 44.3 Å². The normalized spacial score (nSPS) is 15.4. The molecule has 4 heteroatoms. The summed E-state index contributed by atoms with van der Waals surface area (Å²) in [6.07, 6.45) is 1.18. The average Bonchev–Trinajstić information content (AvgIpc) is 2.46. The van der Waals surface area contributed by atoms with E-state index in [1.807, 2.05) is 6.07 Å². The van der Waals surface area contributed by atoms with E-state index < -0.39 is 0 Å². The molecule has 0 aliphatic carbocycles. The average molecular weight is 278 g/mol. The summed E-state index contributed by atoms with van der Waals surface area (Å²) in [7, 11) is 2.17. The van der Waals surface area contributed by atoms with E-state index in [0.29, 0.717) is 19.3 Å². The standard InChI is InChI=1S/C16H26N2O2/c1-4-8-18(3)12-14(17-5-2)13-6-7-15-16(11-13)20-10-9-19-15/h6-7,11,14,17H,4-5,8-10,12H2,1-3H3. The lowest BCUT2D eigenvalue weighted by Crippen LogP contribution is -2.33. The predicted molar refractivity (Wildman–Crippen MR) is 81.6 cm³/mol. The lowest BCUT2D eigenvalue weighted by molar-refractivity contribution is 0.171. The van der Waals surface area contributed by atoms with Crippen molar-refractivity contribution in [2.75, 3.05) is 39.9 Å². The van der Waals surface area contributed by atoms with Gasteiger partial charge in [0.25, 0.3) is 0 Å². The van der Waals surface area contributed by atoms with Crippen molar-refractivity contribution in [1.29, 1.82) is 0 Å². The maximum atomic E-state index is 5.68. The summed E-state index contributed by atoms with van der Waals surface area (Å²) < 4.78 is 11.3. The number of rotatable bonds is 7. The summed E-state index contributed by atoms with van der Waals surface area (Å²) in [6, 6.07) is 6.60. The first-order chi connectivity index (χ1) is 9.74. The van der Waals surface area contributed by atoms with Crippen LogP contribution in [0.4, 0.5) is 0 Å². The van der Waals surface area contributed by atoms with E-state index >= 15 is 0 Å². The van der Waals surface area contributed by atoms with Crippen molar-refractivity contribution in [3.63, 3.8) is 0 Å². The summed E-state index contributed by atoms with van der Waals surface area (Å²) in [4.78, 5) is 2.37. The van der Waals surface area contributed by atoms with Crippen molar-refractivity contribution in [1.82, 2.24) is 10.2 Å². The van der Waals surface area contributed by atoms with Gasteiger partial charge in [0.15, 0.2) is 11.5 Å². The molecule has 0 saturated carbocycles. The number of hydrogen-bond acceptors (Lipinski definition) is 4. The second-order valence-corrected chi connectivity index (χ2v) is 5.28. The Kier molecular flexibility index (Phi) is 5.68. The highest BCUT2D eigenvalue weighted by Crippen LogP contribution is 2.32. The Bertz CT molecular complexity index is 423. The van der Waals surface area contributed by atoms with Gasteiger partial charge in [0.1, 0.15) is 13.2 Å². The van der Waals surface area contributed by atoms with Crippen LogP contribution in [0.5, 0.6) is 11.5 Å². The molecule has 112 valence electrons. The molecule has 2 rings (SSSR count). The van der Waals surface area contributed by atoms with Crippen molar-refractivity contribution in [2.45, 2.75) is 26.3 Å². The zero-order chi connectivity index (χ0) is 14.4. The monoisotopic (exact) mass is 278 g/mol. The van der Waals surface area contributed by atoms with Crippen LogP contribution in [0.3, 0.4) is 0 Å². The van der Waals surface area contributed by atoms with Gasteiger partial charge in [-0.25, -0.2) is 0 Å². The highest BCUT2D eigenvalue weighted by Gasteiger charge is 2.17. The molecule has 0 bridgehead atoms. The van der Waals surface area contributed by atoms with E-state index in [4.69, 9.17) is 9.47 Å². The molecule has 1 unspecified atom stereocenters. The molecule has 1 aromatic carbocycles. The minimum Gasteiger partial charge on any atom is -0.486 e. The molecule has 1 atom stereocenters. The molecule has 0 saturated heterocycles. The molecule has 1 aromatic rings. The second kappa shape index (κ2) is 7.50. The van der Waals surface area contributed by atoms with Gasteiger partial charge < -0.3 is 19.7 Å². The van der Waals surface area contributed by atoms with E-state index in [-0.39, 0.29) is 0 Å². The van der Waals surface area contributed by atoms with Gasteiger partial charge in [-0.15, -0.1) is 0 Å². The maximum absolute atomic E-state index is 5.68. The van der Waals surface area contributed by atoms with E-state index in [1.165, 1.54) is 12.0 Å². The van der Waals surface area contributed by atoms with Crippen LogP contribution in [0.15, 0.2) is 18.2 Å². The Balaban J connectivity index is 2.11. The van der Waals surface area contributed by atoms with Gasteiger partial charge >= 0.3 is 0 Å². The Morgan fingerprint density at radius 3 is 2.65 bits per heavy atom. The lowest BCUT2D eigenvalue weighted by Gasteiger charge is -2.26. The number of nitrogens with one attached hydrogen (secondary N) is 1. The number of hydrogen-bond donors (Lipinski definition) is 1. The van der Waals surface area contributed by atoms with Crippen LogP contribution in [0.1, 0.15) is 31.9 Å². The molecule has 1 aliphatic heterocycles. The van der Waals surface area contributed by atoms with Crippen LogP contribution >= 0.6 is 0 Å². The molecule has 1 heterocycles. The summed E-state index contributed by atoms with van der Waals surface area (Å²) in [5.74, 6) is 1.73. The molecule has 1 N–H and O–H groups in total. The number of ether oxygens (including phenoxy) is 2. The summed E-state index contributed by atoms with van der Waals surface area (Å²) >= 11 is 0. The van der Waals surface area contributed by atoms with Crippen LogP contribution in [-0.4, -0.2) is 44.8 Å². The molecule has 0 aromatic heterocycles. The lowest BCUT2D eigenvalue weighted by atomic mass is 10.1. The van der Waals surface area contributed by atoms with Crippen molar-refractivity contribution in [3.05, 3.63) is 23.8 Å². The Morgan fingerprint density at radius 1 is 1.20 bits per heavy atom. The Labute approximate surface area is 122 Å². The minimum atomic E-state index is 0.326. The van der Waals surface area contributed by atoms with Gasteiger partial charge in [0, 0.05) is 12.6 Å². The van der Waals surface area contributed by atoms with Gasteiger partial charge in [-0.3, -0.25) is 0 Å². The van der Waals surface area contributed by atoms with Crippen molar-refractivity contribution >= 4 is 0 Å². The summed E-state index contributed by atoms with van der Waals surface area (Å²) in [5.41, 5.74) is 1.26. The minimum absolute atomic E-state index is 0.326. The van der Waals surface area contributed by atoms with E-state index in [0.717, 1.165) is 31.1 Å². The fourth-order valence-corrected chi connectivity index (χ4v) is 2.60. The van der Waals surface area contributed by atoms with E-state index in [1.54, 1.807) is 0 Å². The number of likely N-dealkylation sites (N-methyl/N-ethyl adjacent to an activating group) is 2. The third kappa shape index (κ3) is 3.87. The molecule has 1 aliphatic rings. The topological polar surface area (TPSA) is 33.7 Å². The fourth-order valence-electron chi connectivity index (χ4n) is 2.60. The van der Waals surface area contributed by atoms with Gasteiger partial charge in [0.2, 0.25) is 0 Å². The van der Waals surface area contributed by atoms with E-state index in [2.05, 4.69) is 43.2 Å². The van der Waals surface area contributed by atoms with Crippen LogP contribution in [-0.2, 0) is 0 Å². The van der Waals surface area contributed by atoms with Crippen LogP contribution in [0, 0.1) is 0 Å². The van der Waals surface area contributed by atoms with Crippen LogP contribution in [0.25, 0.3) is 0 Å². The zero-order valence-electron chi connectivity index (χ0n) is 12.8. The van der Waals surface area contributed by atoms with Crippen molar-refractivity contribution in [2.24, 2.45) is 0 Å². The molecular formula is C16H26N2O2. The van der Waals surface area contributed by atoms with Crippen molar-refractivity contribution in [3.8, 4) is 11.5 Å². The zero-order valence-corrected chi connectivity index (χ0v) is 12.8. The smallest absolute Gasteiger partial charge is 0.161 e. The van der Waals surface area contributed by atoms with Gasteiger partial charge in [-0.2, -0.15) is 0 Å². The van der Waals surface area contributed by atoms with Gasteiger partial charge in [0.05, 0.1) is 0 Å². The van der Waals surface area contributed by atoms with Crippen LogP contribution in [0.2, 0.25) is 0 Å². The number of nitrogens with zero attached hydrogens (tertiary/aromatic N) is 1. The third-order valence-corrected chi connectivity index (χ3v) is 3.52. The van der Waals surface area contributed by atoms with Crippen molar-refractivity contribution < 1.29 is 9.47 Å². The Hall–Kier alpha value is -1.26. The quantitative estimate of drug-likeness (QED) is 0.830. The Morgan fingerprint density at radius 2 is 1.95 bits per heavy atom. The predicted octanol–water partition coefficient (Wildman–Crippen LogP) is 2.45. The first kappa shape index (κ1) is 15.1. The third-order valence-electron chi connectivity index (χ3n) is 3.52.